The normalized spacial score (nSPS) is 13.2. The highest BCUT2D eigenvalue weighted by Crippen LogP contribution is 2.63. The maximum atomic E-state index is 13.4. The zero-order valence-corrected chi connectivity index (χ0v) is 17.0. The number of hydrogen-bond acceptors (Lipinski definition) is 6. The van der Waals surface area contributed by atoms with Gasteiger partial charge in [0.05, 0.1) is 24.4 Å². The predicted molar refractivity (Wildman–Crippen MR) is 98.8 cm³/mol. The van der Waals surface area contributed by atoms with Gasteiger partial charge in [0, 0.05) is 20.6 Å². The first kappa shape index (κ1) is 22.8. The smallest absolute Gasteiger partial charge is 0.338 e. The highest BCUT2D eigenvalue weighted by atomic mass is 31.2. The highest BCUT2D eigenvalue weighted by Gasteiger charge is 2.39. The standard InChI is InChI=1S/C18H29O7P/c1-6-13-11-14(9-10-15(13)18(19)20)16(12-17(22-4)23-5)26(21,24-7-2)25-8-3/h9-11,16-17H,6-8,12H2,1-5H3,(H,19,20). The predicted octanol–water partition coefficient (Wildman–Crippen LogP) is 4.26. The van der Waals surface area contributed by atoms with E-state index in [-0.39, 0.29) is 25.2 Å². The fraction of sp³-hybridized carbons (Fsp3) is 0.611. The second-order valence-electron chi connectivity index (χ2n) is 5.60. The second kappa shape index (κ2) is 10.8. The lowest BCUT2D eigenvalue weighted by molar-refractivity contribution is -0.107. The Bertz CT molecular complexity index is 618. The molecule has 26 heavy (non-hydrogen) atoms. The number of aryl methyl sites for hydroxylation is 1. The average Bonchev–Trinajstić information content (AvgIpc) is 2.62. The molecule has 0 saturated heterocycles. The summed E-state index contributed by atoms with van der Waals surface area (Å²) in [5.74, 6) is -0.991. The van der Waals surface area contributed by atoms with Gasteiger partial charge in [-0.05, 0) is 37.5 Å². The molecule has 1 rings (SSSR count). The van der Waals surface area contributed by atoms with Crippen molar-refractivity contribution < 1.29 is 33.0 Å². The lowest BCUT2D eigenvalue weighted by atomic mass is 9.99. The van der Waals surface area contributed by atoms with Gasteiger partial charge in [0.25, 0.3) is 0 Å². The minimum atomic E-state index is -3.51. The second-order valence-corrected chi connectivity index (χ2v) is 7.82. The Kier molecular flexibility index (Phi) is 9.47. The molecule has 1 atom stereocenters. The van der Waals surface area contributed by atoms with Gasteiger partial charge in [-0.2, -0.15) is 0 Å². The van der Waals surface area contributed by atoms with Crippen molar-refractivity contribution in [3.05, 3.63) is 34.9 Å². The van der Waals surface area contributed by atoms with Gasteiger partial charge < -0.3 is 23.6 Å². The van der Waals surface area contributed by atoms with E-state index in [1.807, 2.05) is 6.92 Å². The third-order valence-corrected chi connectivity index (χ3v) is 6.58. The van der Waals surface area contributed by atoms with E-state index in [9.17, 15) is 14.5 Å². The molecular weight excluding hydrogens is 359 g/mol. The fourth-order valence-electron chi connectivity index (χ4n) is 2.82. The molecule has 1 N–H and O–H groups in total. The molecule has 0 spiro atoms. The minimum absolute atomic E-state index is 0.228. The Hall–Kier alpha value is -1.24. The number of aromatic carboxylic acids is 1. The summed E-state index contributed by atoms with van der Waals surface area (Å²) in [5, 5.41) is 9.33. The number of benzene rings is 1. The van der Waals surface area contributed by atoms with Crippen LogP contribution in [0.1, 0.15) is 54.3 Å². The maximum Gasteiger partial charge on any atom is 0.338 e. The van der Waals surface area contributed by atoms with Crippen LogP contribution in [0.3, 0.4) is 0 Å². The maximum absolute atomic E-state index is 13.4. The van der Waals surface area contributed by atoms with Crippen LogP contribution in [0.15, 0.2) is 18.2 Å². The van der Waals surface area contributed by atoms with Crippen LogP contribution in [0.2, 0.25) is 0 Å². The molecule has 0 aliphatic heterocycles. The average molecular weight is 388 g/mol. The molecule has 8 heteroatoms. The lowest BCUT2D eigenvalue weighted by Crippen LogP contribution is -2.19. The van der Waals surface area contributed by atoms with E-state index in [2.05, 4.69) is 0 Å². The number of carboxylic acid groups (broad SMARTS) is 1. The van der Waals surface area contributed by atoms with Crippen LogP contribution >= 0.6 is 7.60 Å². The molecule has 0 aliphatic rings. The summed E-state index contributed by atoms with van der Waals surface area (Å²) in [6, 6.07) is 4.93. The summed E-state index contributed by atoms with van der Waals surface area (Å²) in [5.41, 5.74) is 0.926. The molecule has 1 aromatic carbocycles. The quantitative estimate of drug-likeness (QED) is 0.422. The van der Waals surface area contributed by atoms with Crippen molar-refractivity contribution in [3.8, 4) is 0 Å². The van der Waals surface area contributed by atoms with Gasteiger partial charge >= 0.3 is 13.6 Å². The molecule has 0 bridgehead atoms. The van der Waals surface area contributed by atoms with Gasteiger partial charge in [-0.25, -0.2) is 4.79 Å². The van der Waals surface area contributed by atoms with Crippen LogP contribution in [0.5, 0.6) is 0 Å². The van der Waals surface area contributed by atoms with Crippen molar-refractivity contribution in [2.75, 3.05) is 27.4 Å². The van der Waals surface area contributed by atoms with E-state index < -0.39 is 25.5 Å². The topological polar surface area (TPSA) is 91.3 Å². The van der Waals surface area contributed by atoms with E-state index >= 15 is 0 Å². The summed E-state index contributed by atoms with van der Waals surface area (Å²) in [6.45, 7) is 5.83. The molecule has 0 heterocycles. The fourth-order valence-corrected chi connectivity index (χ4v) is 4.93. The third-order valence-electron chi connectivity index (χ3n) is 4.07. The minimum Gasteiger partial charge on any atom is -0.478 e. The third kappa shape index (κ3) is 5.63. The number of methoxy groups -OCH3 is 2. The van der Waals surface area contributed by atoms with Gasteiger partial charge in [-0.15, -0.1) is 0 Å². The SMILES string of the molecule is CCOP(=O)(OCC)C(CC(OC)OC)c1ccc(C(=O)O)c(CC)c1. The first-order valence-electron chi connectivity index (χ1n) is 8.67. The van der Waals surface area contributed by atoms with Crippen LogP contribution in [-0.4, -0.2) is 44.8 Å². The number of carboxylic acids is 1. The first-order chi connectivity index (χ1) is 12.4. The molecule has 1 unspecified atom stereocenters. The molecule has 0 aromatic heterocycles. The van der Waals surface area contributed by atoms with Crippen LogP contribution < -0.4 is 0 Å². The Morgan fingerprint density at radius 3 is 2.12 bits per heavy atom. The van der Waals surface area contributed by atoms with Gasteiger partial charge in [-0.1, -0.05) is 19.1 Å². The molecule has 148 valence electrons. The number of hydrogen-bond donors (Lipinski definition) is 1. The summed E-state index contributed by atoms with van der Waals surface area (Å²) in [4.78, 5) is 11.4. The lowest BCUT2D eigenvalue weighted by Gasteiger charge is -2.29. The molecule has 0 saturated carbocycles. The number of ether oxygens (including phenoxy) is 2. The summed E-state index contributed by atoms with van der Waals surface area (Å²) < 4.78 is 35.0. The Labute approximate surface area is 155 Å². The van der Waals surface area contributed by atoms with Gasteiger partial charge in [-0.3, -0.25) is 4.57 Å². The van der Waals surface area contributed by atoms with Crippen molar-refractivity contribution in [2.24, 2.45) is 0 Å². The Morgan fingerprint density at radius 1 is 1.12 bits per heavy atom. The van der Waals surface area contributed by atoms with Crippen molar-refractivity contribution in [1.82, 2.24) is 0 Å². The van der Waals surface area contributed by atoms with E-state index in [1.54, 1.807) is 26.0 Å². The van der Waals surface area contributed by atoms with Crippen LogP contribution in [0.25, 0.3) is 0 Å². The van der Waals surface area contributed by atoms with E-state index in [0.717, 1.165) is 0 Å². The van der Waals surface area contributed by atoms with Crippen LogP contribution in [0.4, 0.5) is 0 Å². The molecule has 7 nitrogen and oxygen atoms in total. The molecule has 1 aromatic rings. The van der Waals surface area contributed by atoms with E-state index in [1.165, 1.54) is 20.3 Å². The molecule has 0 aliphatic carbocycles. The molecular formula is C18H29O7P. The van der Waals surface area contributed by atoms with Crippen molar-refractivity contribution in [1.29, 1.82) is 0 Å². The summed E-state index contributed by atoms with van der Waals surface area (Å²) in [7, 11) is -0.503. The van der Waals surface area contributed by atoms with Gasteiger partial charge in [0.1, 0.15) is 0 Å². The van der Waals surface area contributed by atoms with E-state index in [0.29, 0.717) is 17.5 Å². The molecule has 0 amide bonds. The van der Waals surface area contributed by atoms with Gasteiger partial charge in [0.15, 0.2) is 6.29 Å². The van der Waals surface area contributed by atoms with Crippen molar-refractivity contribution in [2.45, 2.75) is 45.6 Å². The molecule has 0 fully saturated rings. The molecule has 0 radical (unpaired) electrons. The monoisotopic (exact) mass is 388 g/mol. The van der Waals surface area contributed by atoms with Gasteiger partial charge in [0.2, 0.25) is 0 Å². The van der Waals surface area contributed by atoms with E-state index in [4.69, 9.17) is 18.5 Å². The highest BCUT2D eigenvalue weighted by molar-refractivity contribution is 7.54. The van der Waals surface area contributed by atoms with Crippen molar-refractivity contribution in [3.63, 3.8) is 0 Å². The summed E-state index contributed by atoms with van der Waals surface area (Å²) in [6.07, 6.45) is 0.187. The Balaban J connectivity index is 3.43. The number of carbonyl (C=O) groups is 1. The largest absolute Gasteiger partial charge is 0.478 e. The van der Waals surface area contributed by atoms with Crippen molar-refractivity contribution >= 4 is 13.6 Å². The zero-order chi connectivity index (χ0) is 19.7. The number of rotatable bonds is 12. The Morgan fingerprint density at radius 2 is 1.69 bits per heavy atom. The summed E-state index contributed by atoms with van der Waals surface area (Å²) >= 11 is 0. The van der Waals surface area contributed by atoms with Crippen LogP contribution in [0, 0.1) is 0 Å². The zero-order valence-electron chi connectivity index (χ0n) is 16.1. The van der Waals surface area contributed by atoms with Crippen LogP contribution in [-0.2, 0) is 29.5 Å². The first-order valence-corrected chi connectivity index (χ1v) is 10.3.